The molecule has 0 aromatic carbocycles. The second kappa shape index (κ2) is 15.7. The van der Waals surface area contributed by atoms with Crippen molar-refractivity contribution in [1.82, 2.24) is 0 Å². The molecule has 13 valence electrons. The molecule has 0 spiro atoms. The van der Waals surface area contributed by atoms with Crippen LogP contribution in [0.25, 0.3) is 0 Å². The van der Waals surface area contributed by atoms with E-state index in [0.29, 0.717) is 0 Å². The Hall–Kier alpha value is 4.04. The summed E-state index contributed by atoms with van der Waals surface area (Å²) >= 11 is 0. The van der Waals surface area contributed by atoms with E-state index in [0.717, 1.165) is 0 Å². The van der Waals surface area contributed by atoms with E-state index in [1.54, 1.807) is 0 Å². The smallest absolute Gasteiger partial charge is 0 e. The SMILES string of the molecule is [Ca].[Fe].[K].[Zn]. The van der Waals surface area contributed by atoms with Crippen molar-refractivity contribution in [2.75, 3.05) is 0 Å². The Labute approximate surface area is 122 Å². The van der Waals surface area contributed by atoms with E-state index >= 15 is 0 Å². The van der Waals surface area contributed by atoms with Crippen LogP contribution in [-0.2, 0) is 36.5 Å². The van der Waals surface area contributed by atoms with E-state index < -0.39 is 0 Å². The molecule has 0 unspecified atom stereocenters. The molecule has 0 rings (SSSR count). The van der Waals surface area contributed by atoms with Gasteiger partial charge in [-0.05, 0) is 0 Å². The minimum atomic E-state index is 0. The van der Waals surface area contributed by atoms with Gasteiger partial charge in [-0.3, -0.25) is 0 Å². The van der Waals surface area contributed by atoms with Gasteiger partial charge in [-0.15, -0.1) is 0 Å². The maximum atomic E-state index is 0. The zero-order valence-corrected chi connectivity index (χ0v) is 12.2. The Morgan fingerprint density at radius 1 is 1.00 bits per heavy atom. The number of hydrogen-bond donors (Lipinski definition) is 0. The Morgan fingerprint density at radius 2 is 1.00 bits per heavy atom. The van der Waals surface area contributed by atoms with Crippen LogP contribution < -0.4 is 0 Å². The maximum absolute atomic E-state index is 0. The van der Waals surface area contributed by atoms with Crippen LogP contribution in [0.5, 0.6) is 0 Å². The van der Waals surface area contributed by atoms with Crippen LogP contribution in [0.15, 0.2) is 0 Å². The van der Waals surface area contributed by atoms with Crippen LogP contribution in [0.3, 0.4) is 0 Å². The molecule has 0 amide bonds. The molecule has 3 radical (unpaired) electrons. The summed E-state index contributed by atoms with van der Waals surface area (Å²) in [7, 11) is 0. The first-order valence-electron chi connectivity index (χ1n) is 0. The predicted octanol–water partition coefficient (Wildman–Crippen LogP) is -0.767. The third-order valence-electron chi connectivity index (χ3n) is 0. The first-order valence-corrected chi connectivity index (χ1v) is 0. The van der Waals surface area contributed by atoms with E-state index in [4.69, 9.17) is 0 Å². The summed E-state index contributed by atoms with van der Waals surface area (Å²) in [6.45, 7) is 0. The van der Waals surface area contributed by atoms with Crippen LogP contribution in [0.4, 0.5) is 0 Å². The van der Waals surface area contributed by atoms with E-state index in [9.17, 15) is 0 Å². The fourth-order valence-electron chi connectivity index (χ4n) is 0. The maximum Gasteiger partial charge on any atom is 0 e. The Kier molecular flexibility index (Phi) is 96.1. The summed E-state index contributed by atoms with van der Waals surface area (Å²) in [6, 6.07) is 0. The first kappa shape index (κ1) is 24.4. The molecular formula is CaFeKZn. The normalized spacial score (nSPS) is 0. The Morgan fingerprint density at radius 3 is 1.00 bits per heavy atom. The van der Waals surface area contributed by atoms with E-state index in [1.165, 1.54) is 0 Å². The van der Waals surface area contributed by atoms with Gasteiger partial charge in [0.15, 0.2) is 0 Å². The van der Waals surface area contributed by atoms with Gasteiger partial charge in [0.05, 0.1) is 0 Å². The Balaban J connectivity index is 0. The first-order chi connectivity index (χ1) is 0. The predicted molar refractivity (Wildman–Crippen MR) is 11.5 cm³/mol. The van der Waals surface area contributed by atoms with Gasteiger partial charge in [0.1, 0.15) is 0 Å². The largest absolute Gasteiger partial charge is 0 e. The van der Waals surface area contributed by atoms with Crippen molar-refractivity contribution in [3.8, 4) is 0 Å². The van der Waals surface area contributed by atoms with Gasteiger partial charge in [0.25, 0.3) is 0 Å². The average molecular weight is 200 g/mol. The molecule has 0 saturated carbocycles. The van der Waals surface area contributed by atoms with Crippen molar-refractivity contribution in [2.45, 2.75) is 0 Å². The number of rotatable bonds is 0. The third kappa shape index (κ3) is 9.40. The van der Waals surface area contributed by atoms with Crippen molar-refractivity contribution in [2.24, 2.45) is 0 Å². The molecule has 0 aliphatic rings. The van der Waals surface area contributed by atoms with Crippen molar-refractivity contribution < 1.29 is 36.5 Å². The molecule has 0 heterocycles. The molecule has 4 heavy (non-hydrogen) atoms. The summed E-state index contributed by atoms with van der Waals surface area (Å²) in [5, 5.41) is 0. The molecule has 0 saturated heterocycles. The molecular weight excluding hydrogens is 200 g/mol. The van der Waals surface area contributed by atoms with Crippen LogP contribution >= 0.6 is 0 Å². The molecule has 0 aromatic rings. The minimum absolute atomic E-state index is 0. The van der Waals surface area contributed by atoms with Crippen molar-refractivity contribution in [3.63, 3.8) is 0 Å². The molecule has 0 N–H and O–H groups in total. The standard InChI is InChI=1S/Ca.Fe.K.Zn. The number of hydrogen-bond acceptors (Lipinski definition) is 0. The van der Waals surface area contributed by atoms with E-state index in [1.807, 2.05) is 0 Å². The van der Waals surface area contributed by atoms with Crippen LogP contribution in [0, 0.1) is 0 Å². The summed E-state index contributed by atoms with van der Waals surface area (Å²) in [4.78, 5) is 0. The van der Waals surface area contributed by atoms with E-state index in [-0.39, 0.29) is 126 Å². The topological polar surface area (TPSA) is 0 Å². The molecule has 0 aromatic heterocycles. The van der Waals surface area contributed by atoms with Gasteiger partial charge in [0.2, 0.25) is 0 Å². The zero-order chi connectivity index (χ0) is 0. The van der Waals surface area contributed by atoms with E-state index in [2.05, 4.69) is 0 Å². The van der Waals surface area contributed by atoms with Gasteiger partial charge in [0, 0.05) is 126 Å². The van der Waals surface area contributed by atoms with Gasteiger partial charge in [-0.1, -0.05) is 0 Å². The molecule has 0 aliphatic carbocycles. The van der Waals surface area contributed by atoms with Gasteiger partial charge < -0.3 is 0 Å². The van der Waals surface area contributed by atoms with Gasteiger partial charge >= 0.3 is 0 Å². The van der Waals surface area contributed by atoms with Crippen LogP contribution in [0.1, 0.15) is 0 Å². The van der Waals surface area contributed by atoms with Gasteiger partial charge in [-0.2, -0.15) is 0 Å². The van der Waals surface area contributed by atoms with Crippen LogP contribution in [-0.4, -0.2) is 89.1 Å². The fourth-order valence-corrected chi connectivity index (χ4v) is 0. The molecule has 0 bridgehead atoms. The molecule has 0 atom stereocenters. The fraction of sp³-hybridized carbons (Fsp3) is 0. The molecule has 0 nitrogen and oxygen atoms in total. The average Bonchev–Trinajstić information content (AvgIpc) is 0. The second-order valence-electron chi connectivity index (χ2n) is 0. The summed E-state index contributed by atoms with van der Waals surface area (Å²) < 4.78 is 0. The van der Waals surface area contributed by atoms with Crippen molar-refractivity contribution in [3.05, 3.63) is 0 Å². The summed E-state index contributed by atoms with van der Waals surface area (Å²) in [6.07, 6.45) is 0. The molecule has 0 aliphatic heterocycles. The summed E-state index contributed by atoms with van der Waals surface area (Å²) in [5.74, 6) is 0. The summed E-state index contributed by atoms with van der Waals surface area (Å²) in [5.41, 5.74) is 0. The van der Waals surface area contributed by atoms with Crippen LogP contribution in [0.2, 0.25) is 0 Å². The third-order valence-corrected chi connectivity index (χ3v) is 0. The Bertz CT molecular complexity index is 8.00. The van der Waals surface area contributed by atoms with Gasteiger partial charge in [-0.25, -0.2) is 0 Å². The van der Waals surface area contributed by atoms with Crippen molar-refractivity contribution >= 4 is 89.1 Å². The monoisotopic (exact) mass is 199 g/mol. The zero-order valence-electron chi connectivity index (χ0n) is 2.77. The van der Waals surface area contributed by atoms with Crippen molar-refractivity contribution in [1.29, 1.82) is 0 Å². The quantitative estimate of drug-likeness (QED) is 0.451. The molecule has 0 fully saturated rings. The molecule has 4 heteroatoms. The minimum Gasteiger partial charge on any atom is 0 e. The second-order valence-corrected chi connectivity index (χ2v) is 0.